The molecule has 5 rings (SSSR count). The minimum atomic E-state index is -3.77. The summed E-state index contributed by atoms with van der Waals surface area (Å²) in [4.78, 5) is 16.1. The predicted molar refractivity (Wildman–Crippen MR) is 125 cm³/mol. The number of nitrogens with zero attached hydrogens (tertiary/aromatic N) is 2. The molecule has 6 nitrogen and oxygen atoms in total. The third-order valence-electron chi connectivity index (χ3n) is 6.50. The standard InChI is InChI=1S/C24H24ClN3O3S/c1-16(29)27-12-14-28(15-13-27)24-21-7-3-5-17-4-2-6-20(22(17)21)23(24)26-32(30,31)19-10-8-18(25)9-11-19/h2-11,23-24,26H,12-15H2,1H3/t23-,24-/m1/s1. The van der Waals surface area contributed by atoms with Gasteiger partial charge in [0.25, 0.3) is 0 Å². The fourth-order valence-electron chi connectivity index (χ4n) is 4.95. The van der Waals surface area contributed by atoms with E-state index < -0.39 is 16.1 Å². The second-order valence-electron chi connectivity index (χ2n) is 8.33. The van der Waals surface area contributed by atoms with E-state index in [0.29, 0.717) is 31.2 Å². The van der Waals surface area contributed by atoms with Crippen molar-refractivity contribution in [3.05, 3.63) is 76.8 Å². The van der Waals surface area contributed by atoms with Crippen molar-refractivity contribution in [2.75, 3.05) is 26.2 Å². The van der Waals surface area contributed by atoms with Gasteiger partial charge < -0.3 is 4.90 Å². The van der Waals surface area contributed by atoms with Crippen LogP contribution in [0.4, 0.5) is 0 Å². The molecular formula is C24H24ClN3O3S. The smallest absolute Gasteiger partial charge is 0.241 e. The summed E-state index contributed by atoms with van der Waals surface area (Å²) >= 11 is 5.96. The number of nitrogens with one attached hydrogen (secondary N) is 1. The number of carbonyl (C=O) groups excluding carboxylic acids is 1. The Bertz CT molecular complexity index is 1280. The lowest BCUT2D eigenvalue weighted by atomic mass is 10.0. The van der Waals surface area contributed by atoms with Gasteiger partial charge in [-0.3, -0.25) is 9.69 Å². The SMILES string of the molecule is CC(=O)N1CCN([C@@H]2c3cccc4cccc(c34)[C@H]2NS(=O)(=O)c2ccc(Cl)cc2)CC1. The lowest BCUT2D eigenvalue weighted by Gasteiger charge is -2.40. The Hall–Kier alpha value is -2.45. The topological polar surface area (TPSA) is 69.7 Å². The van der Waals surface area contributed by atoms with Gasteiger partial charge >= 0.3 is 0 Å². The van der Waals surface area contributed by atoms with Gasteiger partial charge in [0.1, 0.15) is 0 Å². The molecule has 0 unspecified atom stereocenters. The van der Waals surface area contributed by atoms with Gasteiger partial charge in [0.15, 0.2) is 0 Å². The summed E-state index contributed by atoms with van der Waals surface area (Å²) in [7, 11) is -3.77. The molecule has 1 N–H and O–H groups in total. The second kappa shape index (κ2) is 8.15. The first kappa shape index (κ1) is 21.4. The molecule has 1 aliphatic carbocycles. The summed E-state index contributed by atoms with van der Waals surface area (Å²) in [5, 5.41) is 2.70. The Morgan fingerprint density at radius 2 is 1.56 bits per heavy atom. The van der Waals surface area contributed by atoms with Crippen LogP contribution in [0.5, 0.6) is 0 Å². The molecule has 1 saturated heterocycles. The van der Waals surface area contributed by atoms with Gasteiger partial charge in [-0.05, 0) is 46.2 Å². The molecule has 1 aliphatic heterocycles. The van der Waals surface area contributed by atoms with Crippen LogP contribution in [0.15, 0.2) is 65.6 Å². The van der Waals surface area contributed by atoms with E-state index in [1.165, 1.54) is 12.1 Å². The molecule has 8 heteroatoms. The van der Waals surface area contributed by atoms with E-state index in [9.17, 15) is 13.2 Å². The van der Waals surface area contributed by atoms with Crippen LogP contribution in [-0.2, 0) is 14.8 Å². The number of piperazine rings is 1. The summed E-state index contributed by atoms with van der Waals surface area (Å²) < 4.78 is 29.6. The molecule has 0 spiro atoms. The molecular weight excluding hydrogens is 446 g/mol. The molecule has 0 aromatic heterocycles. The Morgan fingerprint density at radius 1 is 0.938 bits per heavy atom. The first-order chi connectivity index (χ1) is 15.3. The van der Waals surface area contributed by atoms with E-state index >= 15 is 0 Å². The number of hydrogen-bond acceptors (Lipinski definition) is 4. The van der Waals surface area contributed by atoms with E-state index in [-0.39, 0.29) is 16.8 Å². The van der Waals surface area contributed by atoms with E-state index in [1.807, 2.05) is 23.1 Å². The number of carbonyl (C=O) groups is 1. The molecule has 0 radical (unpaired) electrons. The van der Waals surface area contributed by atoms with Crippen LogP contribution in [0.3, 0.4) is 0 Å². The average Bonchev–Trinajstić information content (AvgIpc) is 3.09. The van der Waals surface area contributed by atoms with Crippen molar-refractivity contribution in [1.82, 2.24) is 14.5 Å². The number of rotatable bonds is 4. The molecule has 3 aromatic carbocycles. The molecule has 0 bridgehead atoms. The molecule has 1 heterocycles. The number of sulfonamides is 1. The van der Waals surface area contributed by atoms with Crippen molar-refractivity contribution in [3.63, 3.8) is 0 Å². The van der Waals surface area contributed by atoms with E-state index in [0.717, 1.165) is 21.9 Å². The van der Waals surface area contributed by atoms with Crippen LogP contribution in [-0.4, -0.2) is 50.3 Å². The zero-order valence-corrected chi connectivity index (χ0v) is 19.2. The Balaban J connectivity index is 1.54. The van der Waals surface area contributed by atoms with Crippen molar-refractivity contribution in [1.29, 1.82) is 0 Å². The molecule has 0 saturated carbocycles. The Kier molecular flexibility index (Phi) is 5.45. The first-order valence-corrected chi connectivity index (χ1v) is 12.5. The minimum absolute atomic E-state index is 0.0708. The normalized spacial score (nSPS) is 21.2. The highest BCUT2D eigenvalue weighted by molar-refractivity contribution is 7.89. The van der Waals surface area contributed by atoms with Crippen LogP contribution in [0, 0.1) is 0 Å². The maximum absolute atomic E-state index is 13.3. The van der Waals surface area contributed by atoms with Gasteiger partial charge in [-0.25, -0.2) is 13.1 Å². The number of amides is 1. The van der Waals surface area contributed by atoms with E-state index in [1.54, 1.807) is 19.1 Å². The quantitative estimate of drug-likeness (QED) is 0.632. The highest BCUT2D eigenvalue weighted by Gasteiger charge is 2.41. The zero-order valence-electron chi connectivity index (χ0n) is 17.7. The highest BCUT2D eigenvalue weighted by atomic mass is 35.5. The number of halogens is 1. The monoisotopic (exact) mass is 469 g/mol. The molecule has 3 aromatic rings. The average molecular weight is 470 g/mol. The second-order valence-corrected chi connectivity index (χ2v) is 10.5. The van der Waals surface area contributed by atoms with Crippen molar-refractivity contribution >= 4 is 38.3 Å². The zero-order chi connectivity index (χ0) is 22.5. The number of hydrogen-bond donors (Lipinski definition) is 1. The molecule has 2 aliphatic rings. The van der Waals surface area contributed by atoms with Crippen molar-refractivity contribution in [2.24, 2.45) is 0 Å². The van der Waals surface area contributed by atoms with Crippen molar-refractivity contribution < 1.29 is 13.2 Å². The maximum atomic E-state index is 13.3. The molecule has 166 valence electrons. The van der Waals surface area contributed by atoms with Gasteiger partial charge in [0.2, 0.25) is 15.9 Å². The largest absolute Gasteiger partial charge is 0.340 e. The van der Waals surface area contributed by atoms with Crippen LogP contribution in [0.25, 0.3) is 10.8 Å². The fraction of sp³-hybridized carbons (Fsp3) is 0.292. The third-order valence-corrected chi connectivity index (χ3v) is 8.21. The van der Waals surface area contributed by atoms with E-state index in [2.05, 4.69) is 27.8 Å². The fourth-order valence-corrected chi connectivity index (χ4v) is 6.30. The van der Waals surface area contributed by atoms with Crippen LogP contribution >= 0.6 is 11.6 Å². The Labute approximate surface area is 192 Å². The maximum Gasteiger partial charge on any atom is 0.241 e. The lowest BCUT2D eigenvalue weighted by Crippen LogP contribution is -2.50. The predicted octanol–water partition coefficient (Wildman–Crippen LogP) is 3.73. The summed E-state index contributed by atoms with van der Waals surface area (Å²) in [6.07, 6.45) is 0. The minimum Gasteiger partial charge on any atom is -0.340 e. The lowest BCUT2D eigenvalue weighted by molar-refractivity contribution is -0.130. The van der Waals surface area contributed by atoms with Gasteiger partial charge in [-0.15, -0.1) is 0 Å². The molecule has 32 heavy (non-hydrogen) atoms. The van der Waals surface area contributed by atoms with Crippen molar-refractivity contribution in [2.45, 2.75) is 23.9 Å². The van der Waals surface area contributed by atoms with Crippen LogP contribution in [0.1, 0.15) is 30.1 Å². The van der Waals surface area contributed by atoms with Crippen LogP contribution < -0.4 is 4.72 Å². The Morgan fingerprint density at radius 3 is 2.19 bits per heavy atom. The van der Waals surface area contributed by atoms with Gasteiger partial charge in [-0.2, -0.15) is 0 Å². The molecule has 1 amide bonds. The first-order valence-electron chi connectivity index (χ1n) is 10.6. The summed E-state index contributed by atoms with van der Waals surface area (Å²) in [5.74, 6) is 0.0708. The van der Waals surface area contributed by atoms with Gasteiger partial charge in [-0.1, -0.05) is 48.0 Å². The molecule has 1 fully saturated rings. The summed E-state index contributed by atoms with van der Waals surface area (Å²) in [6, 6.07) is 17.8. The van der Waals surface area contributed by atoms with Crippen LogP contribution in [0.2, 0.25) is 5.02 Å². The number of benzene rings is 3. The third kappa shape index (κ3) is 3.69. The summed E-state index contributed by atoms with van der Waals surface area (Å²) in [6.45, 7) is 4.23. The van der Waals surface area contributed by atoms with Gasteiger partial charge in [0, 0.05) is 38.1 Å². The molecule has 2 atom stereocenters. The summed E-state index contributed by atoms with van der Waals surface area (Å²) in [5.41, 5.74) is 2.10. The van der Waals surface area contributed by atoms with Gasteiger partial charge in [0.05, 0.1) is 17.0 Å². The highest BCUT2D eigenvalue weighted by Crippen LogP contribution is 2.47. The van der Waals surface area contributed by atoms with E-state index in [4.69, 9.17) is 11.6 Å². The van der Waals surface area contributed by atoms with Crippen molar-refractivity contribution in [3.8, 4) is 0 Å².